The number of hydrogen-bond donors (Lipinski definition) is 1. The predicted molar refractivity (Wildman–Crippen MR) is 60.7 cm³/mol. The normalized spacial score (nSPS) is 20.1. The van der Waals surface area contributed by atoms with Gasteiger partial charge in [-0.25, -0.2) is 0 Å². The summed E-state index contributed by atoms with van der Waals surface area (Å²) < 4.78 is 0. The van der Waals surface area contributed by atoms with Crippen LogP contribution in [0.1, 0.15) is 12.5 Å². The average Bonchev–Trinajstić information content (AvgIpc) is 2.31. The Kier molecular flexibility index (Phi) is 3.69. The van der Waals surface area contributed by atoms with E-state index in [0.29, 0.717) is 6.04 Å². The van der Waals surface area contributed by atoms with Gasteiger partial charge in [0, 0.05) is 50.7 Å². The van der Waals surface area contributed by atoms with Crippen LogP contribution in [-0.4, -0.2) is 42.1 Å². The van der Waals surface area contributed by atoms with Gasteiger partial charge in [0.2, 0.25) is 0 Å². The molecule has 0 bridgehead atoms. The summed E-state index contributed by atoms with van der Waals surface area (Å²) in [6.45, 7) is 6.84. The standard InChI is InChI=1S/C12H18N3/c1-11(15-8-6-14-7-9-15)10-12-2-4-13-5-3-12/h2,4-5,11,14H,6-10H2,1H3. The minimum atomic E-state index is 0.603. The second-order valence-electron chi connectivity index (χ2n) is 4.10. The molecule has 0 aliphatic carbocycles. The van der Waals surface area contributed by atoms with Crippen molar-refractivity contribution in [3.8, 4) is 0 Å². The molecule has 1 atom stereocenters. The van der Waals surface area contributed by atoms with Crippen LogP contribution in [0.2, 0.25) is 0 Å². The molecule has 3 nitrogen and oxygen atoms in total. The van der Waals surface area contributed by atoms with E-state index in [2.05, 4.69) is 34.3 Å². The van der Waals surface area contributed by atoms with Crippen molar-refractivity contribution in [2.45, 2.75) is 19.4 Å². The Bertz CT molecular complexity index is 280. The first-order valence-corrected chi connectivity index (χ1v) is 5.61. The first-order chi connectivity index (χ1) is 7.36. The zero-order valence-corrected chi connectivity index (χ0v) is 9.24. The lowest BCUT2D eigenvalue weighted by molar-refractivity contribution is 0.183. The molecule has 1 saturated heterocycles. The molecule has 1 fully saturated rings. The highest BCUT2D eigenvalue weighted by molar-refractivity contribution is 5.09. The number of nitrogens with zero attached hydrogens (tertiary/aromatic N) is 2. The van der Waals surface area contributed by atoms with E-state index in [-0.39, 0.29) is 0 Å². The van der Waals surface area contributed by atoms with Gasteiger partial charge >= 0.3 is 0 Å². The lowest BCUT2D eigenvalue weighted by Crippen LogP contribution is -2.48. The SMILES string of the molecule is CC(Cc1[c]cncc1)N1CCNCC1. The second kappa shape index (κ2) is 5.24. The van der Waals surface area contributed by atoms with Gasteiger partial charge in [-0.05, 0) is 25.0 Å². The van der Waals surface area contributed by atoms with Gasteiger partial charge in [-0.3, -0.25) is 9.88 Å². The van der Waals surface area contributed by atoms with E-state index in [1.165, 1.54) is 5.56 Å². The van der Waals surface area contributed by atoms with Crippen molar-refractivity contribution in [1.29, 1.82) is 0 Å². The van der Waals surface area contributed by atoms with Crippen molar-refractivity contribution < 1.29 is 0 Å². The van der Waals surface area contributed by atoms with Gasteiger partial charge in [0.25, 0.3) is 0 Å². The summed E-state index contributed by atoms with van der Waals surface area (Å²) in [5.41, 5.74) is 1.26. The van der Waals surface area contributed by atoms with Crippen LogP contribution in [0.4, 0.5) is 0 Å². The Balaban J connectivity index is 1.88. The summed E-state index contributed by atoms with van der Waals surface area (Å²) >= 11 is 0. The van der Waals surface area contributed by atoms with Crippen molar-refractivity contribution in [3.63, 3.8) is 0 Å². The van der Waals surface area contributed by atoms with Crippen LogP contribution in [0.5, 0.6) is 0 Å². The molecule has 0 saturated carbocycles. The number of rotatable bonds is 3. The third-order valence-electron chi connectivity index (χ3n) is 2.98. The van der Waals surface area contributed by atoms with Gasteiger partial charge < -0.3 is 5.32 Å². The topological polar surface area (TPSA) is 28.2 Å². The van der Waals surface area contributed by atoms with Crippen LogP contribution in [0.3, 0.4) is 0 Å². The van der Waals surface area contributed by atoms with E-state index >= 15 is 0 Å². The van der Waals surface area contributed by atoms with E-state index < -0.39 is 0 Å². The molecule has 1 unspecified atom stereocenters. The molecular formula is C12H18N3. The van der Waals surface area contributed by atoms with Gasteiger partial charge in [0.05, 0.1) is 0 Å². The van der Waals surface area contributed by atoms with Crippen molar-refractivity contribution in [2.24, 2.45) is 0 Å². The molecule has 0 aromatic carbocycles. The first kappa shape index (κ1) is 10.6. The lowest BCUT2D eigenvalue weighted by Gasteiger charge is -2.32. The minimum Gasteiger partial charge on any atom is -0.314 e. The minimum absolute atomic E-state index is 0.603. The smallest absolute Gasteiger partial charge is 0.0349 e. The van der Waals surface area contributed by atoms with Crippen LogP contribution in [0, 0.1) is 6.07 Å². The second-order valence-corrected chi connectivity index (χ2v) is 4.10. The highest BCUT2D eigenvalue weighted by Crippen LogP contribution is 2.08. The first-order valence-electron chi connectivity index (χ1n) is 5.61. The Labute approximate surface area is 91.5 Å². The molecular weight excluding hydrogens is 186 g/mol. The molecule has 1 aromatic heterocycles. The zero-order chi connectivity index (χ0) is 10.5. The van der Waals surface area contributed by atoms with E-state index in [9.17, 15) is 0 Å². The van der Waals surface area contributed by atoms with E-state index in [0.717, 1.165) is 32.6 Å². The fraction of sp³-hybridized carbons (Fsp3) is 0.583. The number of nitrogens with one attached hydrogen (secondary N) is 1. The summed E-state index contributed by atoms with van der Waals surface area (Å²) in [6, 6.07) is 5.84. The Hall–Kier alpha value is -0.930. The molecule has 1 radical (unpaired) electrons. The number of hydrogen-bond acceptors (Lipinski definition) is 3. The van der Waals surface area contributed by atoms with Crippen molar-refractivity contribution >= 4 is 0 Å². The predicted octanol–water partition coefficient (Wildman–Crippen LogP) is 0.718. The molecule has 1 aliphatic heterocycles. The van der Waals surface area contributed by atoms with Crippen molar-refractivity contribution in [3.05, 3.63) is 30.1 Å². The number of piperazine rings is 1. The van der Waals surface area contributed by atoms with E-state index in [1.807, 2.05) is 6.20 Å². The van der Waals surface area contributed by atoms with Crippen molar-refractivity contribution in [2.75, 3.05) is 26.2 Å². The quantitative estimate of drug-likeness (QED) is 0.786. The fourth-order valence-electron chi connectivity index (χ4n) is 2.04. The van der Waals surface area contributed by atoms with Gasteiger partial charge in [-0.2, -0.15) is 0 Å². The average molecular weight is 204 g/mol. The van der Waals surface area contributed by atoms with E-state index in [4.69, 9.17) is 0 Å². The molecule has 0 spiro atoms. The van der Waals surface area contributed by atoms with Gasteiger partial charge in [-0.1, -0.05) is 0 Å². The fourth-order valence-corrected chi connectivity index (χ4v) is 2.04. The Morgan fingerprint density at radius 1 is 1.53 bits per heavy atom. The highest BCUT2D eigenvalue weighted by atomic mass is 15.2. The van der Waals surface area contributed by atoms with Crippen LogP contribution < -0.4 is 5.32 Å². The zero-order valence-electron chi connectivity index (χ0n) is 9.24. The van der Waals surface area contributed by atoms with E-state index in [1.54, 1.807) is 6.20 Å². The largest absolute Gasteiger partial charge is 0.314 e. The summed E-state index contributed by atoms with van der Waals surface area (Å²) in [5, 5.41) is 3.37. The van der Waals surface area contributed by atoms with Crippen LogP contribution in [0.15, 0.2) is 18.5 Å². The third kappa shape index (κ3) is 3.01. The van der Waals surface area contributed by atoms with Gasteiger partial charge in [-0.15, -0.1) is 0 Å². The maximum Gasteiger partial charge on any atom is 0.0349 e. The molecule has 3 heteroatoms. The lowest BCUT2D eigenvalue weighted by atomic mass is 10.1. The molecule has 2 rings (SSSR count). The van der Waals surface area contributed by atoms with Gasteiger partial charge in [0.1, 0.15) is 0 Å². The van der Waals surface area contributed by atoms with Crippen molar-refractivity contribution in [1.82, 2.24) is 15.2 Å². The van der Waals surface area contributed by atoms with Crippen LogP contribution in [0.25, 0.3) is 0 Å². The Morgan fingerprint density at radius 3 is 3.00 bits per heavy atom. The van der Waals surface area contributed by atoms with Crippen LogP contribution >= 0.6 is 0 Å². The summed E-state index contributed by atoms with van der Waals surface area (Å²) in [7, 11) is 0. The summed E-state index contributed by atoms with van der Waals surface area (Å²) in [5.74, 6) is 0. The molecule has 81 valence electrons. The molecule has 1 aromatic rings. The maximum atomic E-state index is 3.99. The highest BCUT2D eigenvalue weighted by Gasteiger charge is 2.16. The summed E-state index contributed by atoms with van der Waals surface area (Å²) in [4.78, 5) is 6.52. The number of aromatic nitrogens is 1. The number of pyridine rings is 1. The Morgan fingerprint density at radius 2 is 2.33 bits per heavy atom. The molecule has 2 heterocycles. The molecule has 1 aliphatic rings. The molecule has 0 amide bonds. The molecule has 1 N–H and O–H groups in total. The molecule has 15 heavy (non-hydrogen) atoms. The summed E-state index contributed by atoms with van der Waals surface area (Å²) in [6.07, 6.45) is 4.67. The monoisotopic (exact) mass is 204 g/mol. The maximum absolute atomic E-state index is 3.99. The van der Waals surface area contributed by atoms with Gasteiger partial charge in [0.15, 0.2) is 0 Å². The third-order valence-corrected chi connectivity index (χ3v) is 2.98. The van der Waals surface area contributed by atoms with Crippen LogP contribution in [-0.2, 0) is 6.42 Å².